The molecule has 0 aliphatic rings. The Morgan fingerprint density at radius 2 is 1.52 bits per heavy atom. The summed E-state index contributed by atoms with van der Waals surface area (Å²) in [7, 11) is 0. The van der Waals surface area contributed by atoms with Crippen LogP contribution in [0.25, 0.3) is 17.1 Å². The first-order valence-electron chi connectivity index (χ1n) is 9.37. The minimum Gasteiger partial charge on any atom is -0.489 e. The van der Waals surface area contributed by atoms with Gasteiger partial charge in [0, 0.05) is 17.0 Å². The summed E-state index contributed by atoms with van der Waals surface area (Å²) in [5, 5.41) is 18.7. The molecule has 0 radical (unpaired) electrons. The third kappa shape index (κ3) is 4.67. The van der Waals surface area contributed by atoms with E-state index in [-0.39, 0.29) is 6.61 Å². The van der Waals surface area contributed by atoms with E-state index in [1.165, 1.54) is 11.8 Å². The number of benzene rings is 3. The van der Waals surface area contributed by atoms with E-state index in [1.54, 1.807) is 0 Å². The van der Waals surface area contributed by atoms with Gasteiger partial charge in [0.1, 0.15) is 12.4 Å². The summed E-state index contributed by atoms with van der Waals surface area (Å²) in [6.45, 7) is 0.622. The molecule has 1 heterocycles. The van der Waals surface area contributed by atoms with Crippen molar-refractivity contribution in [1.82, 2.24) is 14.8 Å². The molecule has 5 nitrogen and oxygen atoms in total. The second-order valence-corrected chi connectivity index (χ2v) is 7.41. The Morgan fingerprint density at radius 3 is 2.21 bits per heavy atom. The average Bonchev–Trinajstić information content (AvgIpc) is 3.22. The van der Waals surface area contributed by atoms with Gasteiger partial charge in [0.2, 0.25) is 0 Å². The van der Waals surface area contributed by atoms with Gasteiger partial charge in [0.25, 0.3) is 0 Å². The van der Waals surface area contributed by atoms with E-state index in [9.17, 15) is 5.11 Å². The number of hydrogen-bond acceptors (Lipinski definition) is 5. The van der Waals surface area contributed by atoms with Crippen LogP contribution in [0.1, 0.15) is 5.56 Å². The summed E-state index contributed by atoms with van der Waals surface area (Å²) in [6, 6.07) is 28.0. The van der Waals surface area contributed by atoms with Crippen molar-refractivity contribution >= 4 is 11.8 Å². The van der Waals surface area contributed by atoms with Crippen LogP contribution in [0.2, 0.25) is 0 Å². The number of para-hydroxylation sites is 1. The van der Waals surface area contributed by atoms with E-state index in [2.05, 4.69) is 10.2 Å². The molecular formula is C23H21N3O2S. The molecule has 0 fully saturated rings. The van der Waals surface area contributed by atoms with E-state index < -0.39 is 0 Å². The lowest BCUT2D eigenvalue weighted by molar-refractivity contribution is 0.306. The van der Waals surface area contributed by atoms with E-state index in [0.717, 1.165) is 33.5 Å². The quantitative estimate of drug-likeness (QED) is 0.436. The van der Waals surface area contributed by atoms with Gasteiger partial charge in [-0.05, 0) is 42.0 Å². The summed E-state index contributed by atoms with van der Waals surface area (Å²) >= 11 is 1.48. The topological polar surface area (TPSA) is 60.2 Å². The van der Waals surface area contributed by atoms with Gasteiger partial charge in [0.15, 0.2) is 11.0 Å². The second-order valence-electron chi connectivity index (χ2n) is 6.35. The number of hydrogen-bond donors (Lipinski definition) is 1. The maximum absolute atomic E-state index is 9.18. The lowest BCUT2D eigenvalue weighted by Gasteiger charge is -2.11. The van der Waals surface area contributed by atoms with Crippen molar-refractivity contribution in [2.24, 2.45) is 0 Å². The summed E-state index contributed by atoms with van der Waals surface area (Å²) in [5.74, 6) is 2.13. The van der Waals surface area contributed by atoms with Gasteiger partial charge in [-0.15, -0.1) is 10.2 Å². The summed E-state index contributed by atoms with van der Waals surface area (Å²) in [6.07, 6.45) is 0. The Bertz CT molecular complexity index is 1030. The monoisotopic (exact) mass is 403 g/mol. The molecule has 6 heteroatoms. The maximum Gasteiger partial charge on any atom is 0.196 e. The van der Waals surface area contributed by atoms with Gasteiger partial charge in [-0.1, -0.05) is 60.3 Å². The van der Waals surface area contributed by atoms with Crippen molar-refractivity contribution in [2.75, 3.05) is 12.4 Å². The first-order chi connectivity index (χ1) is 14.3. The van der Waals surface area contributed by atoms with Gasteiger partial charge in [-0.25, -0.2) is 0 Å². The second kappa shape index (κ2) is 9.41. The fraction of sp³-hybridized carbons (Fsp3) is 0.130. The minimum absolute atomic E-state index is 0.0924. The molecule has 3 aromatic carbocycles. The predicted octanol–water partition coefficient (Wildman–Crippen LogP) is 4.60. The van der Waals surface area contributed by atoms with Gasteiger partial charge in [-0.3, -0.25) is 4.57 Å². The van der Waals surface area contributed by atoms with Crippen LogP contribution in [0, 0.1) is 0 Å². The summed E-state index contributed by atoms with van der Waals surface area (Å²) in [5.41, 5.74) is 3.06. The van der Waals surface area contributed by atoms with Crippen molar-refractivity contribution in [1.29, 1.82) is 0 Å². The summed E-state index contributed by atoms with van der Waals surface area (Å²) in [4.78, 5) is 0. The fourth-order valence-corrected chi connectivity index (χ4v) is 3.63. The van der Waals surface area contributed by atoms with E-state index >= 15 is 0 Å². The molecular weight excluding hydrogens is 382 g/mol. The van der Waals surface area contributed by atoms with Gasteiger partial charge >= 0.3 is 0 Å². The number of ether oxygens (including phenoxy) is 1. The Labute approximate surface area is 174 Å². The zero-order valence-corrected chi connectivity index (χ0v) is 16.6. The van der Waals surface area contributed by atoms with E-state index in [1.807, 2.05) is 89.5 Å². The molecule has 29 heavy (non-hydrogen) atoms. The smallest absolute Gasteiger partial charge is 0.196 e. The third-order valence-corrected chi connectivity index (χ3v) is 5.24. The Hall–Kier alpha value is -3.09. The van der Waals surface area contributed by atoms with Gasteiger partial charge in [0.05, 0.1) is 6.61 Å². The molecule has 0 saturated heterocycles. The Balaban J connectivity index is 1.58. The van der Waals surface area contributed by atoms with Gasteiger partial charge in [-0.2, -0.15) is 0 Å². The number of nitrogens with zero attached hydrogens (tertiary/aromatic N) is 3. The SMILES string of the molecule is OCCSc1nnc(-c2ccc(OCc3ccccc3)cc2)n1-c1ccccc1. The zero-order chi connectivity index (χ0) is 19.9. The fourth-order valence-electron chi connectivity index (χ4n) is 2.94. The van der Waals surface area contributed by atoms with Crippen LogP contribution in [-0.4, -0.2) is 32.2 Å². The van der Waals surface area contributed by atoms with Crippen LogP contribution in [-0.2, 0) is 6.61 Å². The molecule has 0 atom stereocenters. The molecule has 0 aliphatic heterocycles. The number of thioether (sulfide) groups is 1. The number of rotatable bonds is 8. The van der Waals surface area contributed by atoms with Crippen molar-refractivity contribution in [3.05, 3.63) is 90.5 Å². The molecule has 1 N–H and O–H groups in total. The Kier molecular flexibility index (Phi) is 6.24. The molecule has 4 rings (SSSR count). The first kappa shape index (κ1) is 19.2. The van der Waals surface area contributed by atoms with Crippen LogP contribution in [0.5, 0.6) is 5.75 Å². The van der Waals surface area contributed by atoms with Gasteiger partial charge < -0.3 is 9.84 Å². The summed E-state index contributed by atoms with van der Waals surface area (Å²) < 4.78 is 7.90. The van der Waals surface area contributed by atoms with Crippen molar-refractivity contribution in [2.45, 2.75) is 11.8 Å². The van der Waals surface area contributed by atoms with E-state index in [4.69, 9.17) is 4.74 Å². The van der Waals surface area contributed by atoms with Crippen LogP contribution in [0.15, 0.2) is 90.1 Å². The molecule has 0 spiro atoms. The van der Waals surface area contributed by atoms with Crippen LogP contribution >= 0.6 is 11.8 Å². The Morgan fingerprint density at radius 1 is 0.828 bits per heavy atom. The molecule has 0 saturated carbocycles. The minimum atomic E-state index is 0.0924. The number of aromatic nitrogens is 3. The maximum atomic E-state index is 9.18. The molecule has 0 amide bonds. The molecule has 0 aliphatic carbocycles. The highest BCUT2D eigenvalue weighted by Crippen LogP contribution is 2.29. The largest absolute Gasteiger partial charge is 0.489 e. The molecule has 0 bridgehead atoms. The van der Waals surface area contributed by atoms with Crippen LogP contribution in [0.3, 0.4) is 0 Å². The highest BCUT2D eigenvalue weighted by molar-refractivity contribution is 7.99. The molecule has 1 aromatic heterocycles. The highest BCUT2D eigenvalue weighted by atomic mass is 32.2. The number of aliphatic hydroxyl groups is 1. The van der Waals surface area contributed by atoms with Crippen LogP contribution < -0.4 is 4.74 Å². The van der Waals surface area contributed by atoms with Crippen molar-refractivity contribution < 1.29 is 9.84 Å². The zero-order valence-electron chi connectivity index (χ0n) is 15.8. The molecule has 146 valence electrons. The van der Waals surface area contributed by atoms with Crippen LogP contribution in [0.4, 0.5) is 0 Å². The first-order valence-corrected chi connectivity index (χ1v) is 10.4. The number of aliphatic hydroxyl groups excluding tert-OH is 1. The highest BCUT2D eigenvalue weighted by Gasteiger charge is 2.16. The standard InChI is InChI=1S/C23H21N3O2S/c27-15-16-29-23-25-24-22(26(23)20-9-5-2-6-10-20)19-11-13-21(14-12-19)28-17-18-7-3-1-4-8-18/h1-14,27H,15-17H2. The normalized spacial score (nSPS) is 10.8. The molecule has 4 aromatic rings. The lowest BCUT2D eigenvalue weighted by Crippen LogP contribution is -2.00. The van der Waals surface area contributed by atoms with Crippen molar-refractivity contribution in [3.8, 4) is 22.8 Å². The van der Waals surface area contributed by atoms with E-state index in [0.29, 0.717) is 12.4 Å². The lowest BCUT2D eigenvalue weighted by atomic mass is 10.2. The van der Waals surface area contributed by atoms with Crippen molar-refractivity contribution in [3.63, 3.8) is 0 Å². The predicted molar refractivity (Wildman–Crippen MR) is 115 cm³/mol. The average molecular weight is 404 g/mol. The third-order valence-electron chi connectivity index (χ3n) is 4.33. The molecule has 0 unspecified atom stereocenters.